The average molecular weight is 513 g/mol. The highest BCUT2D eigenvalue weighted by atomic mass is 19.1. The predicted octanol–water partition coefficient (Wildman–Crippen LogP) is 3.87. The fraction of sp³-hybridized carbons (Fsp3) is 0.360. The summed E-state index contributed by atoms with van der Waals surface area (Å²) >= 11 is 0. The van der Waals surface area contributed by atoms with Gasteiger partial charge in [-0.2, -0.15) is 5.10 Å². The van der Waals surface area contributed by atoms with Crippen LogP contribution in [0.15, 0.2) is 33.9 Å². The van der Waals surface area contributed by atoms with E-state index >= 15 is 8.78 Å². The molecule has 0 N–H and O–H groups in total. The van der Waals surface area contributed by atoms with Crippen molar-refractivity contribution in [2.45, 2.75) is 26.4 Å². The van der Waals surface area contributed by atoms with Crippen LogP contribution >= 0.6 is 0 Å². The molecule has 1 fully saturated rings. The molecule has 2 aliphatic heterocycles. The quantitative estimate of drug-likeness (QED) is 0.497. The molecule has 2 atom stereocenters. The molecule has 12 heteroatoms. The molecule has 1 aromatic carbocycles. The molecule has 1 saturated heterocycles. The van der Waals surface area contributed by atoms with E-state index < -0.39 is 29.4 Å². The maximum atomic E-state index is 15.4. The van der Waals surface area contributed by atoms with Crippen molar-refractivity contribution in [2.75, 3.05) is 25.7 Å². The first-order valence-corrected chi connectivity index (χ1v) is 11.6. The van der Waals surface area contributed by atoms with Crippen molar-refractivity contribution in [3.05, 3.63) is 58.8 Å². The first-order chi connectivity index (χ1) is 17.7. The minimum atomic E-state index is -1.00. The Labute approximate surface area is 211 Å². The summed E-state index contributed by atoms with van der Waals surface area (Å²) in [4.78, 5) is 21.1. The van der Waals surface area contributed by atoms with Gasteiger partial charge in [0.25, 0.3) is 0 Å². The van der Waals surface area contributed by atoms with Gasteiger partial charge in [-0.3, -0.25) is 14.6 Å². The zero-order chi connectivity index (χ0) is 26.4. The molecule has 0 saturated carbocycles. The largest absolute Gasteiger partial charge is 0.493 e. The molecule has 2 aromatic heterocycles. The third kappa shape index (κ3) is 4.21. The van der Waals surface area contributed by atoms with Crippen molar-refractivity contribution in [1.29, 1.82) is 0 Å². The number of aromatic nitrogens is 3. The van der Waals surface area contributed by atoms with Crippen LogP contribution in [0.2, 0.25) is 0 Å². The number of amides is 2. The number of aliphatic imine (C=N–C) groups is 1. The fourth-order valence-corrected chi connectivity index (χ4v) is 4.79. The van der Waals surface area contributed by atoms with Crippen molar-refractivity contribution < 1.29 is 27.6 Å². The van der Waals surface area contributed by atoms with E-state index in [1.165, 1.54) is 19.1 Å². The highest BCUT2D eigenvalue weighted by Gasteiger charge is 2.43. The molecule has 5 rings (SSSR count). The van der Waals surface area contributed by atoms with Crippen molar-refractivity contribution >= 4 is 23.6 Å². The Morgan fingerprint density at radius 1 is 1.14 bits per heavy atom. The van der Waals surface area contributed by atoms with E-state index in [0.717, 1.165) is 22.2 Å². The molecule has 2 unspecified atom stereocenters. The lowest BCUT2D eigenvalue weighted by Crippen LogP contribution is -2.59. The first-order valence-electron chi connectivity index (χ1n) is 11.6. The topological polar surface area (TPSA) is 98.2 Å². The Balaban J connectivity index is 1.60. The van der Waals surface area contributed by atoms with Crippen LogP contribution in [0.4, 0.5) is 19.3 Å². The maximum absolute atomic E-state index is 15.4. The van der Waals surface area contributed by atoms with Gasteiger partial charge in [0.05, 0.1) is 38.2 Å². The van der Waals surface area contributed by atoms with Gasteiger partial charge < -0.3 is 18.9 Å². The van der Waals surface area contributed by atoms with Crippen LogP contribution in [0, 0.1) is 31.4 Å². The second-order valence-electron chi connectivity index (χ2n) is 8.99. The summed E-state index contributed by atoms with van der Waals surface area (Å²) in [6, 6.07) is 1.76. The molecule has 0 radical (unpaired) electrons. The highest BCUT2D eigenvalue weighted by molar-refractivity contribution is 5.96. The number of ether oxygens (including phenoxy) is 2. The van der Waals surface area contributed by atoms with Gasteiger partial charge in [0.1, 0.15) is 17.1 Å². The number of anilines is 1. The number of methoxy groups -OCH3 is 2. The third-order valence-corrected chi connectivity index (χ3v) is 6.52. The van der Waals surface area contributed by atoms with Gasteiger partial charge in [0.15, 0.2) is 23.1 Å². The normalized spacial score (nSPS) is 19.2. The molecule has 4 heterocycles. The summed E-state index contributed by atoms with van der Waals surface area (Å²) in [6.07, 6.45) is 5.45. The number of rotatable bonds is 6. The minimum absolute atomic E-state index is 0.0126. The Morgan fingerprint density at radius 3 is 2.41 bits per heavy atom. The van der Waals surface area contributed by atoms with Crippen molar-refractivity contribution in [1.82, 2.24) is 19.8 Å². The molecule has 3 aromatic rings. The number of nitrogens with zero attached hydrogens (tertiary/aromatic N) is 6. The highest BCUT2D eigenvalue weighted by Crippen LogP contribution is 2.41. The second-order valence-corrected chi connectivity index (χ2v) is 8.99. The lowest BCUT2D eigenvalue weighted by molar-refractivity contribution is 0.161. The molecule has 37 heavy (non-hydrogen) atoms. The summed E-state index contributed by atoms with van der Waals surface area (Å²) in [5, 5.41) is 8.40. The number of halogens is 2. The molecule has 194 valence electrons. The van der Waals surface area contributed by atoms with E-state index in [-0.39, 0.29) is 30.5 Å². The first kappa shape index (κ1) is 24.5. The number of carbonyl (C=O) groups excluding carboxylic acids is 1. The van der Waals surface area contributed by atoms with Gasteiger partial charge in [-0.25, -0.2) is 13.6 Å². The lowest BCUT2D eigenvalue weighted by Gasteiger charge is -2.45. The van der Waals surface area contributed by atoms with Crippen LogP contribution in [0.25, 0.3) is 5.70 Å². The molecule has 10 nitrogen and oxygen atoms in total. The molecular formula is C25H26F2N6O4. The van der Waals surface area contributed by atoms with E-state index in [4.69, 9.17) is 14.0 Å². The smallest absolute Gasteiger partial charge is 0.325 e. The predicted molar refractivity (Wildman–Crippen MR) is 131 cm³/mol. The second kappa shape index (κ2) is 9.34. The number of carbonyl (C=O) groups is 1. The Morgan fingerprint density at radius 2 is 1.84 bits per heavy atom. The van der Waals surface area contributed by atoms with E-state index in [9.17, 15) is 4.79 Å². The Bertz CT molecular complexity index is 1400. The minimum Gasteiger partial charge on any atom is -0.493 e. The van der Waals surface area contributed by atoms with Gasteiger partial charge in [-0.1, -0.05) is 5.16 Å². The van der Waals surface area contributed by atoms with Crippen LogP contribution in [0.1, 0.15) is 22.7 Å². The van der Waals surface area contributed by atoms with Crippen LogP contribution < -0.4 is 14.4 Å². The number of hydrogen-bond acceptors (Lipinski definition) is 7. The average Bonchev–Trinajstić information content (AvgIpc) is 3.44. The number of hydrogen-bond donors (Lipinski definition) is 0. The summed E-state index contributed by atoms with van der Waals surface area (Å²) in [7, 11) is 4.33. The SMILES string of the molecule is COc1cc(OC)c(F)c(N2CC3C=NC(c4cn(C)nc4C)=CC3N(Cc3cc(C)on3)C2=O)c1F. The number of urea groups is 1. The third-order valence-electron chi connectivity index (χ3n) is 6.52. The van der Waals surface area contributed by atoms with Crippen LogP contribution in [-0.4, -0.2) is 58.9 Å². The zero-order valence-corrected chi connectivity index (χ0v) is 21.0. The van der Waals surface area contributed by atoms with E-state index in [1.54, 1.807) is 23.9 Å². The maximum Gasteiger partial charge on any atom is 0.325 e. The molecule has 2 aliphatic rings. The van der Waals surface area contributed by atoms with Gasteiger partial charge in [0, 0.05) is 49.6 Å². The van der Waals surface area contributed by atoms with Crippen molar-refractivity contribution in [3.63, 3.8) is 0 Å². The number of aryl methyl sites for hydroxylation is 3. The van der Waals surface area contributed by atoms with Gasteiger partial charge in [0.2, 0.25) is 0 Å². The standard InChI is InChI=1S/C25H26F2N6O4/c1-13-6-16(30-37-13)11-32-19-7-18(17-12-31(3)29-14(17)2)28-9-15(19)10-33(25(32)34)24-22(26)20(35-4)8-21(36-5)23(24)27/h6-9,12,15,19H,10-11H2,1-5H3. The molecule has 0 bridgehead atoms. The summed E-state index contributed by atoms with van der Waals surface area (Å²) in [6.45, 7) is 3.67. The van der Waals surface area contributed by atoms with Gasteiger partial charge >= 0.3 is 6.03 Å². The van der Waals surface area contributed by atoms with E-state index in [0.29, 0.717) is 17.2 Å². The number of fused-ring (bicyclic) bond motifs is 1. The molecular weight excluding hydrogens is 486 g/mol. The molecule has 0 aliphatic carbocycles. The number of benzene rings is 1. The van der Waals surface area contributed by atoms with Crippen molar-refractivity contribution in [2.24, 2.45) is 18.0 Å². The van der Waals surface area contributed by atoms with Gasteiger partial charge in [-0.05, 0) is 19.9 Å². The Hall–Kier alpha value is -4.22. The molecule has 0 spiro atoms. The van der Waals surface area contributed by atoms with Crippen molar-refractivity contribution in [3.8, 4) is 11.5 Å². The summed E-state index contributed by atoms with van der Waals surface area (Å²) < 4.78 is 47.8. The summed E-state index contributed by atoms with van der Waals surface area (Å²) in [5.41, 5.74) is 2.24. The zero-order valence-electron chi connectivity index (χ0n) is 21.0. The molecule has 2 amide bonds. The van der Waals surface area contributed by atoms with E-state index in [1.807, 2.05) is 26.2 Å². The lowest BCUT2D eigenvalue weighted by atomic mass is 9.91. The van der Waals surface area contributed by atoms with E-state index in [2.05, 4.69) is 15.2 Å². The Kier molecular flexibility index (Phi) is 6.18. The van der Waals surface area contributed by atoms with Crippen LogP contribution in [-0.2, 0) is 13.6 Å². The monoisotopic (exact) mass is 512 g/mol. The van der Waals surface area contributed by atoms with Crippen LogP contribution in [0.5, 0.6) is 11.5 Å². The fourth-order valence-electron chi connectivity index (χ4n) is 4.79. The summed E-state index contributed by atoms with van der Waals surface area (Å²) in [5.74, 6) is -2.28. The van der Waals surface area contributed by atoms with Crippen LogP contribution in [0.3, 0.4) is 0 Å². The van der Waals surface area contributed by atoms with Gasteiger partial charge in [-0.15, -0.1) is 0 Å².